The number of aromatic nitrogens is 2. The van der Waals surface area contributed by atoms with Gasteiger partial charge in [-0.05, 0) is 19.4 Å². The molecule has 0 aliphatic carbocycles. The van der Waals surface area contributed by atoms with Gasteiger partial charge >= 0.3 is 0 Å². The number of hydrogen-bond acceptors (Lipinski definition) is 6. The Balaban J connectivity index is 1.73. The molecule has 1 saturated heterocycles. The molecule has 0 saturated carbocycles. The van der Waals surface area contributed by atoms with E-state index in [1.807, 2.05) is 25.1 Å². The summed E-state index contributed by atoms with van der Waals surface area (Å²) >= 11 is 0. The highest BCUT2D eigenvalue weighted by Crippen LogP contribution is 2.35. The van der Waals surface area contributed by atoms with Gasteiger partial charge in [0.2, 0.25) is 5.95 Å². The van der Waals surface area contributed by atoms with Crippen LogP contribution in [0.4, 0.5) is 11.8 Å². The van der Waals surface area contributed by atoms with E-state index in [2.05, 4.69) is 39.2 Å². The number of fused-ring (bicyclic) bond motifs is 1. The van der Waals surface area contributed by atoms with Crippen molar-refractivity contribution < 1.29 is 14.3 Å². The maximum absolute atomic E-state index is 11.6. The SMILES string of the molecule is C[C@@H]1CN(c2ncc3c(n2)NC(=O)CO3)[C@H](c2ccccc2)[C@H](C)O1. The molecular weight excluding hydrogens is 320 g/mol. The Hall–Kier alpha value is -2.67. The van der Waals surface area contributed by atoms with Crippen LogP contribution in [0.3, 0.4) is 0 Å². The van der Waals surface area contributed by atoms with Crippen LogP contribution in [-0.2, 0) is 9.53 Å². The third-order valence-corrected chi connectivity index (χ3v) is 4.44. The average Bonchev–Trinajstić information content (AvgIpc) is 2.61. The van der Waals surface area contributed by atoms with Crippen molar-refractivity contribution in [1.29, 1.82) is 0 Å². The number of nitrogens with zero attached hydrogens (tertiary/aromatic N) is 3. The van der Waals surface area contributed by atoms with Crippen LogP contribution in [0, 0.1) is 0 Å². The molecule has 1 aromatic heterocycles. The zero-order valence-corrected chi connectivity index (χ0v) is 14.2. The molecule has 3 heterocycles. The molecule has 130 valence electrons. The monoisotopic (exact) mass is 340 g/mol. The van der Waals surface area contributed by atoms with Crippen LogP contribution in [0.25, 0.3) is 0 Å². The van der Waals surface area contributed by atoms with E-state index in [0.29, 0.717) is 24.1 Å². The summed E-state index contributed by atoms with van der Waals surface area (Å²) in [4.78, 5) is 22.7. The zero-order valence-electron chi connectivity index (χ0n) is 14.2. The first-order valence-corrected chi connectivity index (χ1v) is 8.38. The lowest BCUT2D eigenvalue weighted by molar-refractivity contribution is -0.118. The molecule has 7 heteroatoms. The van der Waals surface area contributed by atoms with Gasteiger partial charge in [0.25, 0.3) is 5.91 Å². The maximum Gasteiger partial charge on any atom is 0.263 e. The van der Waals surface area contributed by atoms with Gasteiger partial charge < -0.3 is 19.7 Å². The van der Waals surface area contributed by atoms with Crippen molar-refractivity contribution in [2.24, 2.45) is 0 Å². The fourth-order valence-electron chi connectivity index (χ4n) is 3.44. The molecular formula is C18H20N4O3. The minimum absolute atomic E-state index is 0.00402. The number of rotatable bonds is 2. The lowest BCUT2D eigenvalue weighted by atomic mass is 9.98. The maximum atomic E-state index is 11.6. The van der Waals surface area contributed by atoms with Crippen molar-refractivity contribution in [1.82, 2.24) is 9.97 Å². The first-order chi connectivity index (χ1) is 12.1. The molecule has 1 N–H and O–H groups in total. The van der Waals surface area contributed by atoms with Crippen LogP contribution >= 0.6 is 0 Å². The first kappa shape index (κ1) is 15.8. The Kier molecular flexibility index (Phi) is 4.01. The summed E-state index contributed by atoms with van der Waals surface area (Å²) < 4.78 is 11.4. The topological polar surface area (TPSA) is 76.6 Å². The Bertz CT molecular complexity index is 783. The summed E-state index contributed by atoms with van der Waals surface area (Å²) in [6, 6.07) is 10.2. The zero-order chi connectivity index (χ0) is 17.4. The van der Waals surface area contributed by atoms with E-state index >= 15 is 0 Å². The average molecular weight is 340 g/mol. The number of amides is 1. The van der Waals surface area contributed by atoms with E-state index < -0.39 is 0 Å². The van der Waals surface area contributed by atoms with Crippen LogP contribution in [-0.4, -0.2) is 41.2 Å². The molecule has 0 radical (unpaired) electrons. The standard InChI is InChI=1S/C18H20N4O3/c1-11-9-22(16(12(2)25-11)13-6-4-3-5-7-13)18-19-8-14-17(21-18)20-15(23)10-24-14/h3-8,11-12,16H,9-10H2,1-2H3,(H,19,20,21,23)/t11-,12+,16+/m1/s1. The van der Waals surface area contributed by atoms with Crippen molar-refractivity contribution in [2.45, 2.75) is 32.1 Å². The van der Waals surface area contributed by atoms with Gasteiger partial charge in [-0.2, -0.15) is 4.98 Å². The molecule has 0 unspecified atom stereocenters. The first-order valence-electron chi connectivity index (χ1n) is 8.38. The molecule has 2 aliphatic rings. The van der Waals surface area contributed by atoms with Crippen molar-refractivity contribution in [3.63, 3.8) is 0 Å². The molecule has 1 fully saturated rings. The van der Waals surface area contributed by atoms with Gasteiger partial charge in [0.05, 0.1) is 24.4 Å². The van der Waals surface area contributed by atoms with Crippen LogP contribution < -0.4 is 15.0 Å². The molecule has 2 aliphatic heterocycles. The van der Waals surface area contributed by atoms with Gasteiger partial charge in [0, 0.05) is 6.54 Å². The van der Waals surface area contributed by atoms with E-state index in [1.54, 1.807) is 6.20 Å². The highest BCUT2D eigenvalue weighted by molar-refractivity contribution is 5.94. The van der Waals surface area contributed by atoms with E-state index in [9.17, 15) is 4.79 Å². The highest BCUT2D eigenvalue weighted by atomic mass is 16.5. The molecule has 25 heavy (non-hydrogen) atoms. The third-order valence-electron chi connectivity index (χ3n) is 4.44. The fraction of sp³-hybridized carbons (Fsp3) is 0.389. The van der Waals surface area contributed by atoms with Gasteiger partial charge in [-0.15, -0.1) is 0 Å². The lowest BCUT2D eigenvalue weighted by Crippen LogP contribution is -2.48. The smallest absolute Gasteiger partial charge is 0.263 e. The number of carbonyl (C=O) groups is 1. The second-order valence-electron chi connectivity index (χ2n) is 6.38. The summed E-state index contributed by atoms with van der Waals surface area (Å²) in [5.41, 5.74) is 1.14. The van der Waals surface area contributed by atoms with Crippen molar-refractivity contribution in [2.75, 3.05) is 23.4 Å². The summed E-state index contributed by atoms with van der Waals surface area (Å²) in [5.74, 6) is 1.26. The van der Waals surface area contributed by atoms with Gasteiger partial charge in [-0.1, -0.05) is 30.3 Å². The number of carbonyl (C=O) groups excluding carboxylic acids is 1. The number of nitrogens with one attached hydrogen (secondary N) is 1. The third kappa shape index (κ3) is 3.02. The van der Waals surface area contributed by atoms with Crippen molar-refractivity contribution >= 4 is 17.7 Å². The molecule has 2 aromatic rings. The van der Waals surface area contributed by atoms with Crippen LogP contribution in [0.5, 0.6) is 5.75 Å². The number of benzene rings is 1. The predicted octanol–water partition coefficient (Wildman–Crippen LogP) is 2.16. The Morgan fingerprint density at radius 1 is 1.24 bits per heavy atom. The van der Waals surface area contributed by atoms with E-state index in [1.165, 1.54) is 0 Å². The van der Waals surface area contributed by atoms with E-state index in [-0.39, 0.29) is 30.8 Å². The minimum Gasteiger partial charge on any atom is -0.478 e. The van der Waals surface area contributed by atoms with Gasteiger partial charge in [-0.3, -0.25) is 4.79 Å². The second-order valence-corrected chi connectivity index (χ2v) is 6.38. The molecule has 1 amide bonds. The van der Waals surface area contributed by atoms with Crippen molar-refractivity contribution in [3.8, 4) is 5.75 Å². The van der Waals surface area contributed by atoms with Gasteiger partial charge in [0.1, 0.15) is 0 Å². The minimum atomic E-state index is -0.208. The quantitative estimate of drug-likeness (QED) is 0.903. The largest absolute Gasteiger partial charge is 0.478 e. The Labute approximate surface area is 146 Å². The Morgan fingerprint density at radius 2 is 2.04 bits per heavy atom. The van der Waals surface area contributed by atoms with E-state index in [4.69, 9.17) is 9.47 Å². The second kappa shape index (κ2) is 6.33. The lowest BCUT2D eigenvalue weighted by Gasteiger charge is -2.43. The van der Waals surface area contributed by atoms with Gasteiger partial charge in [-0.25, -0.2) is 4.98 Å². The Morgan fingerprint density at radius 3 is 2.84 bits per heavy atom. The molecule has 0 spiro atoms. The van der Waals surface area contributed by atoms with Crippen molar-refractivity contribution in [3.05, 3.63) is 42.1 Å². The van der Waals surface area contributed by atoms with E-state index in [0.717, 1.165) is 5.56 Å². The van der Waals surface area contributed by atoms with Gasteiger partial charge in [0.15, 0.2) is 18.2 Å². The molecule has 1 aromatic carbocycles. The number of anilines is 2. The predicted molar refractivity (Wildman–Crippen MR) is 92.7 cm³/mol. The highest BCUT2D eigenvalue weighted by Gasteiger charge is 2.36. The summed E-state index contributed by atoms with van der Waals surface area (Å²) in [7, 11) is 0. The normalized spacial score (nSPS) is 25.8. The summed E-state index contributed by atoms with van der Waals surface area (Å²) in [5, 5.41) is 2.74. The molecule has 7 nitrogen and oxygen atoms in total. The molecule has 0 bridgehead atoms. The molecule has 3 atom stereocenters. The summed E-state index contributed by atoms with van der Waals surface area (Å²) in [6.07, 6.45) is 1.65. The summed E-state index contributed by atoms with van der Waals surface area (Å²) in [6.45, 7) is 4.75. The molecule has 4 rings (SSSR count). The number of hydrogen-bond donors (Lipinski definition) is 1. The van der Waals surface area contributed by atoms with Crippen LogP contribution in [0.15, 0.2) is 36.5 Å². The van der Waals surface area contributed by atoms with Crippen LogP contribution in [0.2, 0.25) is 0 Å². The van der Waals surface area contributed by atoms with Crippen LogP contribution in [0.1, 0.15) is 25.5 Å². The number of ether oxygens (including phenoxy) is 2. The number of morpholine rings is 1. The fourth-order valence-corrected chi connectivity index (χ4v) is 3.44.